The van der Waals surface area contributed by atoms with Gasteiger partial charge in [0.1, 0.15) is 0 Å². The lowest BCUT2D eigenvalue weighted by Crippen LogP contribution is -2.44. The molecule has 1 aromatic carbocycles. The highest BCUT2D eigenvalue weighted by Gasteiger charge is 2.16. The average Bonchev–Trinajstić information content (AvgIpc) is 2.74. The van der Waals surface area contributed by atoms with Gasteiger partial charge in [-0.3, -0.25) is 0 Å². The summed E-state index contributed by atoms with van der Waals surface area (Å²) in [5.41, 5.74) is 2.58. The first-order chi connectivity index (χ1) is 7.84. The van der Waals surface area contributed by atoms with E-state index in [0.29, 0.717) is 0 Å². The van der Waals surface area contributed by atoms with Crippen LogP contribution < -0.4 is 4.90 Å². The van der Waals surface area contributed by atoms with Gasteiger partial charge in [0.25, 0.3) is 0 Å². The Morgan fingerprint density at radius 3 is 2.62 bits per heavy atom. The number of para-hydroxylation sites is 1. The van der Waals surface area contributed by atoms with E-state index in [1.54, 1.807) is 0 Å². The summed E-state index contributed by atoms with van der Waals surface area (Å²) in [4.78, 5) is 8.19. The molecule has 3 rings (SSSR count). The van der Waals surface area contributed by atoms with Crippen LogP contribution in [0, 0.1) is 0 Å². The van der Waals surface area contributed by atoms with Crippen LogP contribution in [0.25, 0.3) is 10.9 Å². The number of hydrogen-bond donors (Lipinski definition) is 1. The molecule has 0 unspecified atom stereocenters. The van der Waals surface area contributed by atoms with Gasteiger partial charge >= 0.3 is 0 Å². The summed E-state index contributed by atoms with van der Waals surface area (Å²) in [5.74, 6) is 0. The molecule has 0 saturated carbocycles. The van der Waals surface area contributed by atoms with Crippen molar-refractivity contribution in [3.05, 3.63) is 30.5 Å². The zero-order valence-electron chi connectivity index (χ0n) is 9.61. The van der Waals surface area contributed by atoms with E-state index in [0.717, 1.165) is 26.2 Å². The number of H-pyrrole nitrogens is 1. The van der Waals surface area contributed by atoms with Crippen LogP contribution in [0.4, 0.5) is 5.69 Å². The number of aromatic amines is 1. The number of benzene rings is 1. The minimum Gasteiger partial charge on any atom is -0.367 e. The summed E-state index contributed by atoms with van der Waals surface area (Å²) < 4.78 is 0. The second-order valence-electron chi connectivity index (χ2n) is 4.51. The number of piperazine rings is 1. The predicted octanol–water partition coefficient (Wildman–Crippen LogP) is 1.92. The molecule has 84 valence electrons. The van der Waals surface area contributed by atoms with E-state index < -0.39 is 0 Å². The molecule has 0 aliphatic carbocycles. The zero-order chi connectivity index (χ0) is 11.0. The Balaban J connectivity index is 1.94. The van der Waals surface area contributed by atoms with Gasteiger partial charge in [-0.15, -0.1) is 0 Å². The lowest BCUT2D eigenvalue weighted by Gasteiger charge is -2.33. The van der Waals surface area contributed by atoms with E-state index in [1.165, 1.54) is 16.6 Å². The van der Waals surface area contributed by atoms with Crippen LogP contribution in [0.1, 0.15) is 0 Å². The number of anilines is 1. The van der Waals surface area contributed by atoms with Gasteiger partial charge in [0, 0.05) is 43.3 Å². The molecule has 1 fully saturated rings. The van der Waals surface area contributed by atoms with Crippen LogP contribution in [-0.2, 0) is 0 Å². The third-order valence-corrected chi connectivity index (χ3v) is 3.41. The van der Waals surface area contributed by atoms with E-state index >= 15 is 0 Å². The lowest BCUT2D eigenvalue weighted by atomic mass is 10.2. The monoisotopic (exact) mass is 215 g/mol. The maximum absolute atomic E-state index is 3.34. The number of nitrogens with zero attached hydrogens (tertiary/aromatic N) is 2. The summed E-state index contributed by atoms with van der Waals surface area (Å²) >= 11 is 0. The number of hydrogen-bond acceptors (Lipinski definition) is 2. The lowest BCUT2D eigenvalue weighted by molar-refractivity contribution is 0.313. The smallest absolute Gasteiger partial charge is 0.0624 e. The standard InChI is InChI=1S/C13H17N3/c1-15-6-8-16(9-7-15)13-10-14-12-5-3-2-4-11(12)13/h2-5,10,14H,6-9H2,1H3. The molecule has 1 aromatic heterocycles. The summed E-state index contributed by atoms with van der Waals surface area (Å²) in [6.07, 6.45) is 2.13. The first-order valence-electron chi connectivity index (χ1n) is 5.84. The van der Waals surface area contributed by atoms with Gasteiger partial charge < -0.3 is 14.8 Å². The van der Waals surface area contributed by atoms with Crippen molar-refractivity contribution < 1.29 is 0 Å². The van der Waals surface area contributed by atoms with Crippen molar-refractivity contribution in [1.29, 1.82) is 0 Å². The molecule has 0 atom stereocenters. The Bertz CT molecular complexity index is 481. The van der Waals surface area contributed by atoms with Gasteiger partial charge in [-0.1, -0.05) is 18.2 Å². The van der Waals surface area contributed by atoms with Crippen molar-refractivity contribution in [3.63, 3.8) is 0 Å². The maximum atomic E-state index is 3.34. The van der Waals surface area contributed by atoms with Crippen molar-refractivity contribution in [1.82, 2.24) is 9.88 Å². The molecular formula is C13H17N3. The van der Waals surface area contributed by atoms with Gasteiger partial charge in [0.05, 0.1) is 5.69 Å². The number of rotatable bonds is 1. The van der Waals surface area contributed by atoms with Gasteiger partial charge in [-0.2, -0.15) is 0 Å². The van der Waals surface area contributed by atoms with Crippen LogP contribution >= 0.6 is 0 Å². The van der Waals surface area contributed by atoms with E-state index in [1.807, 2.05) is 0 Å². The Morgan fingerprint density at radius 2 is 1.81 bits per heavy atom. The second kappa shape index (κ2) is 3.83. The highest BCUT2D eigenvalue weighted by atomic mass is 15.2. The summed E-state index contributed by atoms with van der Waals surface area (Å²) in [7, 11) is 2.19. The largest absolute Gasteiger partial charge is 0.367 e. The highest BCUT2D eigenvalue weighted by Crippen LogP contribution is 2.26. The van der Waals surface area contributed by atoms with Gasteiger partial charge in [-0.05, 0) is 13.1 Å². The molecule has 1 aliphatic rings. The van der Waals surface area contributed by atoms with E-state index in [-0.39, 0.29) is 0 Å². The molecule has 0 spiro atoms. The molecule has 1 N–H and O–H groups in total. The van der Waals surface area contributed by atoms with Crippen LogP contribution in [0.5, 0.6) is 0 Å². The van der Waals surface area contributed by atoms with Crippen LogP contribution in [0.15, 0.2) is 30.5 Å². The summed E-state index contributed by atoms with van der Waals surface area (Å²) in [5, 5.41) is 1.34. The predicted molar refractivity (Wildman–Crippen MR) is 68.0 cm³/mol. The van der Waals surface area contributed by atoms with Gasteiger partial charge in [0.2, 0.25) is 0 Å². The molecule has 1 saturated heterocycles. The SMILES string of the molecule is CN1CCN(c2c[nH]c3ccccc23)CC1. The molecule has 0 amide bonds. The van der Waals surface area contributed by atoms with Gasteiger partial charge in [-0.25, -0.2) is 0 Å². The third-order valence-electron chi connectivity index (χ3n) is 3.41. The number of likely N-dealkylation sites (N-methyl/N-ethyl adjacent to an activating group) is 1. The molecule has 0 bridgehead atoms. The van der Waals surface area contributed by atoms with Crippen LogP contribution in [-0.4, -0.2) is 43.1 Å². The Morgan fingerprint density at radius 1 is 1.06 bits per heavy atom. The fraction of sp³-hybridized carbons (Fsp3) is 0.385. The molecule has 2 aromatic rings. The fourth-order valence-corrected chi connectivity index (χ4v) is 2.37. The molecule has 16 heavy (non-hydrogen) atoms. The normalized spacial score (nSPS) is 18.2. The van der Waals surface area contributed by atoms with Crippen molar-refractivity contribution >= 4 is 16.6 Å². The second-order valence-corrected chi connectivity index (χ2v) is 4.51. The first-order valence-corrected chi connectivity index (χ1v) is 5.84. The highest BCUT2D eigenvalue weighted by molar-refractivity contribution is 5.92. The third kappa shape index (κ3) is 1.57. The number of nitrogens with one attached hydrogen (secondary N) is 1. The average molecular weight is 215 g/mol. The van der Waals surface area contributed by atoms with Crippen molar-refractivity contribution in [2.45, 2.75) is 0 Å². The Labute approximate surface area is 95.7 Å². The molecule has 2 heterocycles. The summed E-state index contributed by atoms with van der Waals surface area (Å²) in [6, 6.07) is 8.51. The zero-order valence-corrected chi connectivity index (χ0v) is 9.61. The molecule has 1 aliphatic heterocycles. The Hall–Kier alpha value is -1.48. The molecular weight excluding hydrogens is 198 g/mol. The molecule has 0 radical (unpaired) electrons. The summed E-state index contributed by atoms with van der Waals surface area (Å²) in [6.45, 7) is 4.55. The van der Waals surface area contributed by atoms with E-state index in [2.05, 4.69) is 52.3 Å². The maximum Gasteiger partial charge on any atom is 0.0624 e. The van der Waals surface area contributed by atoms with E-state index in [4.69, 9.17) is 0 Å². The van der Waals surface area contributed by atoms with Gasteiger partial charge in [0.15, 0.2) is 0 Å². The van der Waals surface area contributed by atoms with Crippen molar-refractivity contribution in [3.8, 4) is 0 Å². The van der Waals surface area contributed by atoms with Crippen molar-refractivity contribution in [2.75, 3.05) is 38.1 Å². The first kappa shape index (κ1) is 9.73. The fourth-order valence-electron chi connectivity index (χ4n) is 2.37. The number of fused-ring (bicyclic) bond motifs is 1. The molecule has 3 nitrogen and oxygen atoms in total. The van der Waals surface area contributed by atoms with Crippen LogP contribution in [0.2, 0.25) is 0 Å². The minimum absolute atomic E-state index is 1.12. The minimum atomic E-state index is 1.12. The molecule has 3 heteroatoms. The number of aromatic nitrogens is 1. The topological polar surface area (TPSA) is 22.3 Å². The quantitative estimate of drug-likeness (QED) is 0.785. The van der Waals surface area contributed by atoms with Crippen LogP contribution in [0.3, 0.4) is 0 Å². The van der Waals surface area contributed by atoms with E-state index in [9.17, 15) is 0 Å². The Kier molecular flexibility index (Phi) is 2.33. The van der Waals surface area contributed by atoms with Crippen molar-refractivity contribution in [2.24, 2.45) is 0 Å².